The van der Waals surface area contributed by atoms with Crippen molar-refractivity contribution in [3.05, 3.63) is 299 Å². The van der Waals surface area contributed by atoms with E-state index in [1.807, 2.05) is 0 Å². The molecule has 0 fully saturated rings. The number of benzene rings is 10. The van der Waals surface area contributed by atoms with E-state index in [4.69, 9.17) is 24.7 Å². The fourth-order valence-electron chi connectivity index (χ4n) is 7.36. The lowest BCUT2D eigenvalue weighted by Gasteiger charge is -2.31. The van der Waals surface area contributed by atoms with E-state index in [1.165, 1.54) is 12.1 Å². The maximum Gasteiger partial charge on any atom is 0.107 e. The summed E-state index contributed by atoms with van der Waals surface area (Å²) in [5, 5.41) is 1.46. The van der Waals surface area contributed by atoms with Crippen LogP contribution < -0.4 is 0 Å². The van der Waals surface area contributed by atoms with Crippen LogP contribution in [0.1, 0.15) is 85.6 Å². The van der Waals surface area contributed by atoms with Gasteiger partial charge in [-0.1, -0.05) is 266 Å². The largest absolute Gasteiger partial charge is 0.107 e. The first-order valence-electron chi connectivity index (χ1n) is 33.7. The summed E-state index contributed by atoms with van der Waals surface area (Å²) in [5.74, 6) is 11.5. The third-order valence-electron chi connectivity index (χ3n) is 10.2. The van der Waals surface area contributed by atoms with E-state index in [1.54, 1.807) is 60.7 Å². The van der Waals surface area contributed by atoms with Crippen molar-refractivity contribution < 1.29 is 41.1 Å². The Kier molecular flexibility index (Phi) is 4.74. The third-order valence-corrected chi connectivity index (χ3v) is 10.2. The highest BCUT2D eigenvalue weighted by Gasteiger charge is 2.36. The molecular formula is C62H42. The molecule has 62 heavy (non-hydrogen) atoms. The van der Waals surface area contributed by atoms with Gasteiger partial charge in [-0.25, -0.2) is 0 Å². The van der Waals surface area contributed by atoms with Gasteiger partial charge in [-0.05, 0) is 78.2 Å². The SMILES string of the molecule is [2H]c1c([2H])c([2H])c(C(C#Cc2ccc(-c3ccc(C#CC(c4c([2H])c([2H])c([2H])c([2H])c4[2H])(c4c([2H])c([2H])c([2H])c([2H])c4[2H])c4c([2H])c([2H])c([2H])c([2H])c4[2H])c4ccccc34)c3ccccc23)(c2c([2H])c([2H])c([2H])c([2H])c2[2H])c2c([2H])c([2H])c([2H])c([2H])c2[2H])c([2H])c1[2H]. The van der Waals surface area contributed by atoms with Gasteiger partial charge in [0, 0.05) is 11.1 Å². The average molecular weight is 817 g/mol. The van der Waals surface area contributed by atoms with Gasteiger partial charge in [0.05, 0.1) is 41.1 Å². The molecule has 0 N–H and O–H groups in total. The monoisotopic (exact) mass is 817 g/mol. The van der Waals surface area contributed by atoms with Crippen LogP contribution in [0.5, 0.6) is 0 Å². The van der Waals surface area contributed by atoms with Crippen LogP contribution in [0.4, 0.5) is 0 Å². The predicted octanol–water partition coefficient (Wildman–Crippen LogP) is 14.4. The summed E-state index contributed by atoms with van der Waals surface area (Å²) in [6.07, 6.45) is 0. The summed E-state index contributed by atoms with van der Waals surface area (Å²) in [5.41, 5.74) is -10.6. The van der Waals surface area contributed by atoms with Crippen LogP contribution in [0.25, 0.3) is 32.7 Å². The normalized spacial score (nSPS) is 18.1. The molecule has 0 bridgehead atoms. The second kappa shape index (κ2) is 16.8. The van der Waals surface area contributed by atoms with E-state index >= 15 is 0 Å². The minimum Gasteiger partial charge on any atom is -0.0765 e. The van der Waals surface area contributed by atoms with E-state index < -0.39 is 225 Å². The van der Waals surface area contributed by atoms with E-state index in [9.17, 15) is 16.4 Å². The summed E-state index contributed by atoms with van der Waals surface area (Å²) in [6.45, 7) is 0. The summed E-state index contributed by atoms with van der Waals surface area (Å²) < 4.78 is 268. The fraction of sp³-hybridized carbons (Fsp3) is 0.0323. The van der Waals surface area contributed by atoms with Gasteiger partial charge in [0.2, 0.25) is 0 Å². The van der Waals surface area contributed by atoms with Gasteiger partial charge < -0.3 is 0 Å². The molecule has 0 atom stereocenters. The van der Waals surface area contributed by atoms with Gasteiger partial charge in [0.25, 0.3) is 0 Å². The van der Waals surface area contributed by atoms with Gasteiger partial charge in [0.15, 0.2) is 0 Å². The molecule has 0 nitrogen and oxygen atoms in total. The molecule has 0 aliphatic rings. The lowest BCUT2D eigenvalue weighted by molar-refractivity contribution is 0.809. The van der Waals surface area contributed by atoms with Crippen LogP contribution >= 0.6 is 0 Å². The van der Waals surface area contributed by atoms with Crippen LogP contribution in [-0.4, -0.2) is 0 Å². The Hall–Kier alpha value is -8.16. The third kappa shape index (κ3) is 6.85. The highest BCUT2D eigenvalue weighted by molar-refractivity contribution is 6.08. The Morgan fingerprint density at radius 2 is 0.516 bits per heavy atom. The van der Waals surface area contributed by atoms with E-state index in [0.29, 0.717) is 32.7 Å². The Labute approximate surface area is 407 Å². The lowest BCUT2D eigenvalue weighted by Crippen LogP contribution is -2.27. The Balaban J connectivity index is 1.30. The Morgan fingerprint density at radius 1 is 0.274 bits per heavy atom. The second-order valence-corrected chi connectivity index (χ2v) is 13.4. The van der Waals surface area contributed by atoms with E-state index in [2.05, 4.69) is 23.7 Å². The highest BCUT2D eigenvalue weighted by Crippen LogP contribution is 2.42. The van der Waals surface area contributed by atoms with Crippen molar-refractivity contribution in [2.45, 2.75) is 10.8 Å². The minimum atomic E-state index is -3.08. The molecule has 0 spiro atoms. The highest BCUT2D eigenvalue weighted by atomic mass is 14.4. The van der Waals surface area contributed by atoms with Crippen LogP contribution in [0.2, 0.25) is 0 Å². The van der Waals surface area contributed by atoms with Gasteiger partial charge in [0.1, 0.15) is 10.8 Å². The summed E-state index contributed by atoms with van der Waals surface area (Å²) in [4.78, 5) is 0. The maximum atomic E-state index is 9.32. The van der Waals surface area contributed by atoms with Crippen molar-refractivity contribution in [1.29, 1.82) is 0 Å². The molecule has 0 heterocycles. The molecule has 10 aromatic rings. The van der Waals surface area contributed by atoms with E-state index in [0.717, 1.165) is 0 Å². The zero-order valence-electron chi connectivity index (χ0n) is 61.9. The zero-order chi connectivity index (χ0) is 67.7. The summed E-state index contributed by atoms with van der Waals surface area (Å²) >= 11 is 0. The van der Waals surface area contributed by atoms with Gasteiger partial charge in [-0.15, -0.1) is 0 Å². The first-order chi connectivity index (χ1) is 43.2. The van der Waals surface area contributed by atoms with Crippen LogP contribution in [0, 0.1) is 23.7 Å². The Morgan fingerprint density at radius 3 is 0.774 bits per heavy atom. The molecule has 10 aromatic carbocycles. The number of rotatable bonds is 7. The first-order valence-corrected chi connectivity index (χ1v) is 18.7. The molecular weight excluding hydrogens is 745 g/mol. The van der Waals surface area contributed by atoms with Gasteiger partial charge in [-0.2, -0.15) is 0 Å². The summed E-state index contributed by atoms with van der Waals surface area (Å²) in [6, 6.07) is -10.8. The maximum absolute atomic E-state index is 9.32. The van der Waals surface area contributed by atoms with Crippen molar-refractivity contribution in [2.75, 3.05) is 0 Å². The predicted molar refractivity (Wildman–Crippen MR) is 259 cm³/mol. The molecule has 10 rings (SSSR count). The van der Waals surface area contributed by atoms with Crippen molar-refractivity contribution in [1.82, 2.24) is 0 Å². The standard InChI is InChI=1S/C62H42/c1-7-23-49(24-8-1)61(50-25-9-2-10-26-50,51-27-11-3-12-28-51)45-43-47-39-41-59(57-37-21-19-35-55(47)57)60-42-40-48(56-36-20-22-38-58(56)60)44-46-62(52-29-13-4-14-30-52,53-31-15-5-16-32-53)54-33-17-6-18-34-54/h1-42H/i1D,2D,3D,4D,5D,6D,7D,8D,9D,10D,11D,12D,13D,14D,15D,16D,17D,18D,23D,24D,25D,26D,27D,28D,29D,30D,31D,32D,33D,34D. The fourth-order valence-corrected chi connectivity index (χ4v) is 7.36. The van der Waals surface area contributed by atoms with Crippen molar-refractivity contribution >= 4 is 21.5 Å². The second-order valence-electron chi connectivity index (χ2n) is 13.4. The van der Waals surface area contributed by atoms with Gasteiger partial charge >= 0.3 is 0 Å². The van der Waals surface area contributed by atoms with Gasteiger partial charge in [-0.3, -0.25) is 0 Å². The van der Waals surface area contributed by atoms with Crippen LogP contribution in [0.3, 0.4) is 0 Å². The molecule has 0 saturated carbocycles. The van der Waals surface area contributed by atoms with Crippen LogP contribution in [0.15, 0.2) is 254 Å². The molecule has 0 aromatic heterocycles. The minimum absolute atomic E-state index is 0.0527. The number of hydrogen-bond donors (Lipinski definition) is 0. The quantitative estimate of drug-likeness (QED) is 0.111. The average Bonchev–Trinajstić information content (AvgIpc) is 0.706. The van der Waals surface area contributed by atoms with Crippen molar-refractivity contribution in [2.24, 2.45) is 0 Å². The van der Waals surface area contributed by atoms with E-state index in [-0.39, 0.29) is 11.1 Å². The zero-order valence-corrected chi connectivity index (χ0v) is 31.9. The smallest absolute Gasteiger partial charge is 0.0765 e. The van der Waals surface area contributed by atoms with Crippen molar-refractivity contribution in [3.63, 3.8) is 0 Å². The number of hydrogen-bond acceptors (Lipinski definition) is 0. The topological polar surface area (TPSA) is 0 Å². The molecule has 290 valence electrons. The molecule has 0 unspecified atom stereocenters. The molecule has 0 aliphatic carbocycles. The molecule has 0 heteroatoms. The lowest BCUT2D eigenvalue weighted by atomic mass is 9.70. The summed E-state index contributed by atoms with van der Waals surface area (Å²) in [7, 11) is 0. The number of fused-ring (bicyclic) bond motifs is 2. The first kappa shape index (κ1) is 17.4. The molecule has 0 radical (unpaired) electrons. The molecule has 0 aliphatic heterocycles. The Bertz CT molecular complexity index is 4260. The van der Waals surface area contributed by atoms with Crippen molar-refractivity contribution in [3.8, 4) is 34.8 Å². The molecule has 0 saturated heterocycles. The molecule has 0 amide bonds. The van der Waals surface area contributed by atoms with Crippen LogP contribution in [-0.2, 0) is 10.8 Å².